The fourth-order valence-corrected chi connectivity index (χ4v) is 3.90. The molecule has 154 valence electrons. The lowest BCUT2D eigenvalue weighted by Crippen LogP contribution is -2.22. The van der Waals surface area contributed by atoms with Gasteiger partial charge in [-0.3, -0.25) is 0 Å². The topological polar surface area (TPSA) is 38.7 Å². The van der Waals surface area contributed by atoms with E-state index in [0.29, 0.717) is 0 Å². The molecule has 0 bridgehead atoms. The van der Waals surface area contributed by atoms with Gasteiger partial charge in [0.2, 0.25) is 0 Å². The molecule has 1 aliphatic rings. The van der Waals surface area contributed by atoms with Crippen LogP contribution in [0.1, 0.15) is 43.2 Å². The molecule has 0 aromatic heterocycles. The van der Waals surface area contributed by atoms with Crippen molar-refractivity contribution in [2.45, 2.75) is 51.2 Å². The van der Waals surface area contributed by atoms with Gasteiger partial charge in [-0.2, -0.15) is 0 Å². The molecule has 2 aromatic rings. The lowest BCUT2D eigenvalue weighted by atomic mass is 10.1. The van der Waals surface area contributed by atoms with Gasteiger partial charge in [-0.15, -0.1) is 0 Å². The molecule has 0 amide bonds. The summed E-state index contributed by atoms with van der Waals surface area (Å²) in [5, 5.41) is 8.59. The van der Waals surface area contributed by atoms with E-state index in [0.717, 1.165) is 54.3 Å². The van der Waals surface area contributed by atoms with Crippen molar-refractivity contribution in [1.82, 2.24) is 0 Å². The number of benzene rings is 2. The van der Waals surface area contributed by atoms with Gasteiger partial charge in [0.25, 0.3) is 0 Å². The molecule has 1 saturated heterocycles. The number of hydrogen-bond donors (Lipinski definition) is 1. The molecule has 0 saturated carbocycles. The number of rotatable bonds is 8. The quantitative estimate of drug-likeness (QED) is 0.421. The van der Waals surface area contributed by atoms with Gasteiger partial charge in [0.05, 0.1) is 6.61 Å². The van der Waals surface area contributed by atoms with Gasteiger partial charge in [-0.05, 0) is 80.3 Å². The minimum absolute atomic E-state index is 0.0475. The van der Waals surface area contributed by atoms with Gasteiger partial charge >= 0.3 is 0 Å². The molecule has 3 nitrogen and oxygen atoms in total. The first kappa shape index (κ1) is 23.6. The van der Waals surface area contributed by atoms with Crippen LogP contribution in [0.15, 0.2) is 57.5 Å². The first-order valence-electron chi connectivity index (χ1n) is 10.0. The summed E-state index contributed by atoms with van der Waals surface area (Å²) in [6, 6.07) is 16.6. The van der Waals surface area contributed by atoms with Crippen molar-refractivity contribution in [2.24, 2.45) is 0 Å². The second-order valence-corrected chi connectivity index (χ2v) is 8.69. The highest BCUT2D eigenvalue weighted by molar-refractivity contribution is 9.10. The third kappa shape index (κ3) is 10.2. The zero-order chi connectivity index (χ0) is 20.0. The first-order chi connectivity index (χ1) is 13.7. The van der Waals surface area contributed by atoms with Crippen molar-refractivity contribution in [3.8, 4) is 0 Å². The maximum Gasteiger partial charge on any atom is 0.157 e. The SMILES string of the molecule is Brc1cccc(CCCOC2CCCCO2)c1.OCCCc1cccc(Br)c1. The summed E-state index contributed by atoms with van der Waals surface area (Å²) in [6.45, 7) is 1.92. The molecule has 1 atom stereocenters. The molecule has 1 heterocycles. The number of hydrogen-bond acceptors (Lipinski definition) is 3. The Hall–Kier alpha value is -0.720. The minimum atomic E-state index is 0.0475. The summed E-state index contributed by atoms with van der Waals surface area (Å²) in [5.41, 5.74) is 2.63. The molecule has 3 rings (SSSR count). The molecule has 0 aliphatic carbocycles. The van der Waals surface area contributed by atoms with Crippen molar-refractivity contribution in [1.29, 1.82) is 0 Å². The van der Waals surface area contributed by atoms with E-state index in [4.69, 9.17) is 14.6 Å². The highest BCUT2D eigenvalue weighted by Gasteiger charge is 2.13. The van der Waals surface area contributed by atoms with Gasteiger partial charge in [-0.25, -0.2) is 0 Å². The molecule has 0 radical (unpaired) electrons. The molecule has 1 N–H and O–H groups in total. The van der Waals surface area contributed by atoms with Gasteiger partial charge in [-0.1, -0.05) is 56.1 Å². The summed E-state index contributed by atoms with van der Waals surface area (Å²) in [5.74, 6) is 0. The Morgan fingerprint density at radius 3 is 2.11 bits per heavy atom. The van der Waals surface area contributed by atoms with E-state index in [1.165, 1.54) is 24.0 Å². The second kappa shape index (κ2) is 14.3. The van der Waals surface area contributed by atoms with Gasteiger partial charge in [0.15, 0.2) is 6.29 Å². The molecule has 28 heavy (non-hydrogen) atoms. The van der Waals surface area contributed by atoms with E-state index in [1.54, 1.807) is 0 Å². The molecular weight excluding hydrogens is 484 g/mol. The van der Waals surface area contributed by atoms with E-state index in [-0.39, 0.29) is 12.9 Å². The van der Waals surface area contributed by atoms with Crippen LogP contribution >= 0.6 is 31.9 Å². The van der Waals surface area contributed by atoms with Crippen LogP contribution in [0, 0.1) is 0 Å². The summed E-state index contributed by atoms with van der Waals surface area (Å²) < 4.78 is 13.5. The predicted molar refractivity (Wildman–Crippen MR) is 122 cm³/mol. The van der Waals surface area contributed by atoms with Crippen LogP contribution in [0.5, 0.6) is 0 Å². The van der Waals surface area contributed by atoms with E-state index in [1.807, 2.05) is 12.1 Å². The zero-order valence-electron chi connectivity index (χ0n) is 16.3. The standard InChI is InChI=1S/C14H19BrO2.C9H11BrO/c15-13-7-3-5-12(11-13)6-4-10-17-14-8-1-2-9-16-14;10-9-5-1-3-8(7-9)4-2-6-11/h3,5,7,11,14H,1-2,4,6,8-10H2;1,3,5,7,11H,2,4,6H2. The van der Waals surface area contributed by atoms with E-state index < -0.39 is 0 Å². The van der Waals surface area contributed by atoms with Crippen LogP contribution in [0.2, 0.25) is 0 Å². The largest absolute Gasteiger partial charge is 0.396 e. The van der Waals surface area contributed by atoms with Crippen LogP contribution in [0.3, 0.4) is 0 Å². The predicted octanol–water partition coefficient (Wildman–Crippen LogP) is 6.30. The van der Waals surface area contributed by atoms with E-state index in [9.17, 15) is 0 Å². The fourth-order valence-electron chi connectivity index (χ4n) is 3.00. The number of halogens is 2. The molecule has 2 aromatic carbocycles. The van der Waals surface area contributed by atoms with E-state index in [2.05, 4.69) is 68.3 Å². The third-order valence-electron chi connectivity index (χ3n) is 4.45. The molecule has 1 unspecified atom stereocenters. The van der Waals surface area contributed by atoms with Gasteiger partial charge in [0, 0.05) is 22.2 Å². The average Bonchev–Trinajstić information content (AvgIpc) is 2.71. The van der Waals surface area contributed by atoms with Crippen LogP contribution in [0.25, 0.3) is 0 Å². The smallest absolute Gasteiger partial charge is 0.157 e. The minimum Gasteiger partial charge on any atom is -0.396 e. The average molecular weight is 514 g/mol. The highest BCUT2D eigenvalue weighted by Crippen LogP contribution is 2.16. The Balaban J connectivity index is 0.000000221. The Bertz CT molecular complexity index is 672. The summed E-state index contributed by atoms with van der Waals surface area (Å²) in [4.78, 5) is 0. The molecule has 0 spiro atoms. The van der Waals surface area contributed by atoms with E-state index >= 15 is 0 Å². The normalized spacial score (nSPS) is 16.3. The van der Waals surface area contributed by atoms with Crippen LogP contribution < -0.4 is 0 Å². The third-order valence-corrected chi connectivity index (χ3v) is 5.44. The number of aliphatic hydroxyl groups is 1. The maximum absolute atomic E-state index is 8.59. The number of aliphatic hydroxyl groups excluding tert-OH is 1. The first-order valence-corrected chi connectivity index (χ1v) is 11.6. The summed E-state index contributed by atoms with van der Waals surface area (Å²) >= 11 is 6.87. The van der Waals surface area contributed by atoms with Crippen molar-refractivity contribution >= 4 is 31.9 Å². The molecular formula is C23H30Br2O3. The number of aryl methyl sites for hydroxylation is 2. The Labute approximate surface area is 185 Å². The monoisotopic (exact) mass is 512 g/mol. The van der Waals surface area contributed by atoms with Crippen molar-refractivity contribution in [2.75, 3.05) is 19.8 Å². The summed E-state index contributed by atoms with van der Waals surface area (Å²) in [6.07, 6.45) is 7.42. The highest BCUT2D eigenvalue weighted by atomic mass is 79.9. The Morgan fingerprint density at radius 2 is 1.57 bits per heavy atom. The maximum atomic E-state index is 8.59. The molecule has 5 heteroatoms. The van der Waals surface area contributed by atoms with Crippen molar-refractivity contribution < 1.29 is 14.6 Å². The Morgan fingerprint density at radius 1 is 0.929 bits per heavy atom. The van der Waals surface area contributed by atoms with Crippen LogP contribution in [0.4, 0.5) is 0 Å². The molecule has 1 fully saturated rings. The Kier molecular flexibility index (Phi) is 12.0. The lowest BCUT2D eigenvalue weighted by molar-refractivity contribution is -0.162. The van der Waals surface area contributed by atoms with Crippen LogP contribution in [-0.2, 0) is 22.3 Å². The molecule has 1 aliphatic heterocycles. The number of ether oxygens (including phenoxy) is 2. The lowest BCUT2D eigenvalue weighted by Gasteiger charge is -2.22. The van der Waals surface area contributed by atoms with Crippen LogP contribution in [-0.4, -0.2) is 31.2 Å². The van der Waals surface area contributed by atoms with Gasteiger partial charge in [0.1, 0.15) is 0 Å². The summed E-state index contributed by atoms with van der Waals surface area (Å²) in [7, 11) is 0. The fraction of sp³-hybridized carbons (Fsp3) is 0.478. The van der Waals surface area contributed by atoms with Gasteiger partial charge < -0.3 is 14.6 Å². The van der Waals surface area contributed by atoms with Crippen molar-refractivity contribution in [3.05, 3.63) is 68.6 Å². The second-order valence-electron chi connectivity index (χ2n) is 6.86. The zero-order valence-corrected chi connectivity index (χ0v) is 19.5. The van der Waals surface area contributed by atoms with Crippen molar-refractivity contribution in [3.63, 3.8) is 0 Å².